The molecule has 2 heteroatoms. The first-order valence-electron chi connectivity index (χ1n) is 4.61. The summed E-state index contributed by atoms with van der Waals surface area (Å²) in [5.41, 5.74) is 6.72. The second-order valence-corrected chi connectivity index (χ2v) is 3.22. The Morgan fingerprint density at radius 2 is 2.07 bits per heavy atom. The van der Waals surface area contributed by atoms with Gasteiger partial charge in [-0.3, -0.25) is 0 Å². The van der Waals surface area contributed by atoms with Crippen LogP contribution in [0.15, 0.2) is 36.4 Å². The van der Waals surface area contributed by atoms with E-state index in [0.29, 0.717) is 6.54 Å². The topological polar surface area (TPSA) is 35.2 Å². The molecule has 2 aromatic carbocycles. The van der Waals surface area contributed by atoms with Crippen LogP contribution < -0.4 is 10.5 Å². The minimum absolute atomic E-state index is 0.577. The summed E-state index contributed by atoms with van der Waals surface area (Å²) in [5, 5.41) is 2.31. The number of hydrogen-bond donors (Lipinski definition) is 1. The normalized spacial score (nSPS) is 10.4. The quantitative estimate of drug-likeness (QED) is 0.783. The van der Waals surface area contributed by atoms with Crippen molar-refractivity contribution in [3.05, 3.63) is 42.0 Å². The van der Waals surface area contributed by atoms with Gasteiger partial charge in [0.1, 0.15) is 5.75 Å². The van der Waals surface area contributed by atoms with Gasteiger partial charge in [-0.15, -0.1) is 0 Å². The Hall–Kier alpha value is -1.54. The summed E-state index contributed by atoms with van der Waals surface area (Å²) in [6, 6.07) is 12.2. The molecule has 2 nitrogen and oxygen atoms in total. The van der Waals surface area contributed by atoms with Crippen LogP contribution in [0.2, 0.25) is 0 Å². The molecule has 0 spiro atoms. The minimum Gasteiger partial charge on any atom is -0.496 e. The Morgan fingerprint density at radius 1 is 1.21 bits per heavy atom. The molecule has 0 saturated heterocycles. The van der Waals surface area contributed by atoms with Gasteiger partial charge in [0.25, 0.3) is 0 Å². The van der Waals surface area contributed by atoms with Crippen molar-refractivity contribution >= 4 is 10.8 Å². The van der Waals surface area contributed by atoms with Crippen molar-refractivity contribution < 1.29 is 4.74 Å². The number of fused-ring (bicyclic) bond motifs is 1. The fourth-order valence-electron chi connectivity index (χ4n) is 1.61. The van der Waals surface area contributed by atoms with Crippen LogP contribution in [0.4, 0.5) is 0 Å². The van der Waals surface area contributed by atoms with E-state index in [2.05, 4.69) is 18.2 Å². The van der Waals surface area contributed by atoms with Crippen LogP contribution in [0.5, 0.6) is 5.75 Å². The van der Waals surface area contributed by atoms with Crippen molar-refractivity contribution in [2.24, 2.45) is 5.73 Å². The number of methoxy groups -OCH3 is 1. The summed E-state index contributed by atoms with van der Waals surface area (Å²) in [5.74, 6) is 0.908. The van der Waals surface area contributed by atoms with E-state index in [1.165, 1.54) is 5.39 Å². The van der Waals surface area contributed by atoms with Gasteiger partial charge >= 0.3 is 0 Å². The third-order valence-electron chi connectivity index (χ3n) is 2.36. The zero-order chi connectivity index (χ0) is 9.97. The minimum atomic E-state index is 0.577. The van der Waals surface area contributed by atoms with Gasteiger partial charge in [-0.05, 0) is 23.1 Å². The van der Waals surface area contributed by atoms with Gasteiger partial charge in [-0.1, -0.05) is 24.3 Å². The van der Waals surface area contributed by atoms with Crippen LogP contribution in [0, 0.1) is 0 Å². The first kappa shape index (κ1) is 9.03. The van der Waals surface area contributed by atoms with E-state index in [1.54, 1.807) is 7.11 Å². The average molecular weight is 187 g/mol. The Morgan fingerprint density at radius 3 is 2.79 bits per heavy atom. The zero-order valence-corrected chi connectivity index (χ0v) is 8.16. The highest BCUT2D eigenvalue weighted by Gasteiger charge is 2.00. The van der Waals surface area contributed by atoms with E-state index in [-0.39, 0.29) is 0 Å². The zero-order valence-electron chi connectivity index (χ0n) is 8.16. The fraction of sp³-hybridized carbons (Fsp3) is 0.167. The lowest BCUT2D eigenvalue weighted by Crippen LogP contribution is -1.95. The summed E-state index contributed by atoms with van der Waals surface area (Å²) in [6.45, 7) is 0.577. The standard InChI is InChI=1S/C12H13NO/c1-14-12-4-2-3-10-7-9(8-13)5-6-11(10)12/h2-7H,8,13H2,1H3. The van der Waals surface area contributed by atoms with E-state index in [1.807, 2.05) is 18.2 Å². The predicted octanol–water partition coefficient (Wildman–Crippen LogP) is 2.31. The van der Waals surface area contributed by atoms with Crippen LogP contribution in [0.3, 0.4) is 0 Å². The summed E-state index contributed by atoms with van der Waals surface area (Å²) < 4.78 is 5.27. The Bertz CT molecular complexity index is 451. The number of hydrogen-bond acceptors (Lipinski definition) is 2. The Balaban J connectivity index is 2.67. The third kappa shape index (κ3) is 1.44. The first-order chi connectivity index (χ1) is 6.85. The van der Waals surface area contributed by atoms with Crippen LogP contribution >= 0.6 is 0 Å². The molecule has 0 saturated carbocycles. The van der Waals surface area contributed by atoms with E-state index in [0.717, 1.165) is 16.7 Å². The molecule has 0 heterocycles. The molecule has 2 rings (SSSR count). The fourth-order valence-corrected chi connectivity index (χ4v) is 1.61. The van der Waals surface area contributed by atoms with Crippen molar-refractivity contribution in [3.63, 3.8) is 0 Å². The maximum absolute atomic E-state index is 5.58. The van der Waals surface area contributed by atoms with Crippen molar-refractivity contribution in [3.8, 4) is 5.75 Å². The molecule has 2 aromatic rings. The number of nitrogens with two attached hydrogens (primary N) is 1. The van der Waals surface area contributed by atoms with E-state index in [4.69, 9.17) is 10.5 Å². The maximum atomic E-state index is 5.58. The molecular weight excluding hydrogens is 174 g/mol. The molecule has 0 aliphatic heterocycles. The highest BCUT2D eigenvalue weighted by molar-refractivity contribution is 5.88. The van der Waals surface area contributed by atoms with E-state index in [9.17, 15) is 0 Å². The lowest BCUT2D eigenvalue weighted by Gasteiger charge is -2.06. The van der Waals surface area contributed by atoms with E-state index < -0.39 is 0 Å². The van der Waals surface area contributed by atoms with Crippen LogP contribution in [-0.4, -0.2) is 7.11 Å². The van der Waals surface area contributed by atoms with Gasteiger partial charge in [-0.2, -0.15) is 0 Å². The van der Waals surface area contributed by atoms with Crippen molar-refractivity contribution in [2.75, 3.05) is 7.11 Å². The van der Waals surface area contributed by atoms with Gasteiger partial charge in [0.2, 0.25) is 0 Å². The molecule has 2 N–H and O–H groups in total. The van der Waals surface area contributed by atoms with Crippen LogP contribution in [0.25, 0.3) is 10.8 Å². The van der Waals surface area contributed by atoms with Crippen LogP contribution in [0.1, 0.15) is 5.56 Å². The Labute approximate surface area is 83.3 Å². The molecule has 0 fully saturated rings. The van der Waals surface area contributed by atoms with Gasteiger partial charge in [0.15, 0.2) is 0 Å². The maximum Gasteiger partial charge on any atom is 0.126 e. The van der Waals surface area contributed by atoms with Crippen molar-refractivity contribution in [2.45, 2.75) is 6.54 Å². The van der Waals surface area contributed by atoms with Gasteiger partial charge in [0.05, 0.1) is 7.11 Å². The van der Waals surface area contributed by atoms with Crippen LogP contribution in [-0.2, 0) is 6.54 Å². The smallest absolute Gasteiger partial charge is 0.126 e. The summed E-state index contributed by atoms with van der Waals surface area (Å²) in [6.07, 6.45) is 0. The molecule has 0 bridgehead atoms. The van der Waals surface area contributed by atoms with Gasteiger partial charge < -0.3 is 10.5 Å². The molecule has 0 atom stereocenters. The second kappa shape index (κ2) is 3.68. The molecular formula is C12H13NO. The summed E-state index contributed by atoms with van der Waals surface area (Å²) in [4.78, 5) is 0. The SMILES string of the molecule is COc1cccc2cc(CN)ccc12. The number of ether oxygens (including phenoxy) is 1. The summed E-state index contributed by atoms with van der Waals surface area (Å²) in [7, 11) is 1.69. The van der Waals surface area contributed by atoms with Crippen molar-refractivity contribution in [1.82, 2.24) is 0 Å². The monoisotopic (exact) mass is 187 g/mol. The number of benzene rings is 2. The third-order valence-corrected chi connectivity index (χ3v) is 2.36. The molecule has 14 heavy (non-hydrogen) atoms. The number of rotatable bonds is 2. The van der Waals surface area contributed by atoms with Gasteiger partial charge in [0, 0.05) is 11.9 Å². The molecule has 0 unspecified atom stereocenters. The summed E-state index contributed by atoms with van der Waals surface area (Å²) >= 11 is 0. The lowest BCUT2D eigenvalue weighted by atomic mass is 10.1. The average Bonchev–Trinajstić information content (AvgIpc) is 2.27. The largest absolute Gasteiger partial charge is 0.496 e. The van der Waals surface area contributed by atoms with E-state index >= 15 is 0 Å². The molecule has 72 valence electrons. The molecule has 0 aromatic heterocycles. The molecule has 0 aliphatic carbocycles. The van der Waals surface area contributed by atoms with Gasteiger partial charge in [-0.25, -0.2) is 0 Å². The lowest BCUT2D eigenvalue weighted by molar-refractivity contribution is 0.420. The first-order valence-corrected chi connectivity index (χ1v) is 4.61. The Kier molecular flexibility index (Phi) is 2.37. The predicted molar refractivity (Wildman–Crippen MR) is 58.4 cm³/mol. The molecule has 0 amide bonds. The van der Waals surface area contributed by atoms with Crippen molar-refractivity contribution in [1.29, 1.82) is 0 Å². The second-order valence-electron chi connectivity index (χ2n) is 3.22. The highest BCUT2D eigenvalue weighted by Crippen LogP contribution is 2.25. The highest BCUT2D eigenvalue weighted by atomic mass is 16.5. The molecule has 0 aliphatic rings. The molecule has 0 radical (unpaired) electrons.